The van der Waals surface area contributed by atoms with Crippen LogP contribution in [0.25, 0.3) is 11.0 Å². The Morgan fingerprint density at radius 1 is 1.24 bits per heavy atom. The van der Waals surface area contributed by atoms with Crippen molar-refractivity contribution in [2.75, 3.05) is 19.6 Å². The molecule has 25 heavy (non-hydrogen) atoms. The summed E-state index contributed by atoms with van der Waals surface area (Å²) < 4.78 is 0. The summed E-state index contributed by atoms with van der Waals surface area (Å²) >= 11 is 1.79. The van der Waals surface area contributed by atoms with Crippen molar-refractivity contribution >= 4 is 28.3 Å². The molecule has 0 saturated carbocycles. The van der Waals surface area contributed by atoms with E-state index in [0.717, 1.165) is 48.9 Å². The Morgan fingerprint density at radius 3 is 2.88 bits per heavy atom. The van der Waals surface area contributed by atoms with Crippen LogP contribution in [0.4, 0.5) is 0 Å². The topological polar surface area (TPSA) is 65.1 Å². The summed E-state index contributed by atoms with van der Waals surface area (Å²) in [5.74, 6) is 2.30. The number of imidazole rings is 1. The highest BCUT2D eigenvalue weighted by Crippen LogP contribution is 2.20. The summed E-state index contributed by atoms with van der Waals surface area (Å²) in [5.41, 5.74) is 2.10. The molecule has 1 atom stereocenters. The molecule has 3 aromatic rings. The Balaban J connectivity index is 1.53. The molecular weight excluding hydrogens is 330 g/mol. The van der Waals surface area contributed by atoms with Gasteiger partial charge in [-0.1, -0.05) is 25.1 Å². The average Bonchev–Trinajstić information content (AvgIpc) is 3.28. The molecule has 0 fully saturated rings. The van der Waals surface area contributed by atoms with Crippen LogP contribution in [0.15, 0.2) is 46.8 Å². The third kappa shape index (κ3) is 4.82. The molecule has 0 saturated heterocycles. The number of nitrogens with zero attached hydrogens (tertiary/aromatic N) is 2. The summed E-state index contributed by atoms with van der Waals surface area (Å²) in [6, 6.07) is 12.4. The second-order valence-corrected chi connectivity index (χ2v) is 6.99. The van der Waals surface area contributed by atoms with Crippen molar-refractivity contribution in [1.82, 2.24) is 20.6 Å². The number of fused-ring (bicyclic) bond motifs is 1. The molecular formula is C19H25N5S. The van der Waals surface area contributed by atoms with Crippen LogP contribution in [0.3, 0.4) is 0 Å². The first kappa shape index (κ1) is 17.5. The number of H-pyrrole nitrogens is 1. The number of aromatic amines is 1. The summed E-state index contributed by atoms with van der Waals surface area (Å²) in [6.45, 7) is 6.72. The van der Waals surface area contributed by atoms with E-state index in [0.29, 0.717) is 5.92 Å². The van der Waals surface area contributed by atoms with Crippen LogP contribution in [0, 0.1) is 0 Å². The van der Waals surface area contributed by atoms with Gasteiger partial charge >= 0.3 is 0 Å². The van der Waals surface area contributed by atoms with Crippen LogP contribution in [0.1, 0.15) is 30.5 Å². The van der Waals surface area contributed by atoms with Crippen molar-refractivity contribution in [1.29, 1.82) is 0 Å². The fourth-order valence-corrected chi connectivity index (χ4v) is 3.43. The van der Waals surface area contributed by atoms with E-state index in [1.165, 1.54) is 4.88 Å². The van der Waals surface area contributed by atoms with Gasteiger partial charge in [-0.05, 0) is 30.5 Å². The zero-order chi connectivity index (χ0) is 17.5. The van der Waals surface area contributed by atoms with Crippen molar-refractivity contribution in [2.24, 2.45) is 4.99 Å². The predicted octanol–water partition coefficient (Wildman–Crippen LogP) is 3.53. The van der Waals surface area contributed by atoms with Crippen LogP contribution < -0.4 is 10.6 Å². The normalized spacial score (nSPS) is 13.1. The van der Waals surface area contributed by atoms with E-state index in [4.69, 9.17) is 4.99 Å². The van der Waals surface area contributed by atoms with Crippen LogP contribution in [0.5, 0.6) is 0 Å². The number of benzene rings is 1. The lowest BCUT2D eigenvalue weighted by Crippen LogP contribution is -2.38. The summed E-state index contributed by atoms with van der Waals surface area (Å²) in [7, 11) is 0. The molecule has 0 aliphatic heterocycles. The van der Waals surface area contributed by atoms with Crippen LogP contribution in [0.2, 0.25) is 0 Å². The molecule has 2 heterocycles. The van der Waals surface area contributed by atoms with E-state index in [2.05, 4.69) is 58.0 Å². The van der Waals surface area contributed by atoms with Crippen molar-refractivity contribution < 1.29 is 0 Å². The molecule has 2 aromatic heterocycles. The second kappa shape index (κ2) is 8.67. The molecule has 0 amide bonds. The lowest BCUT2D eigenvalue weighted by Gasteiger charge is -2.12. The van der Waals surface area contributed by atoms with E-state index in [1.54, 1.807) is 11.3 Å². The molecule has 3 rings (SSSR count). The highest BCUT2D eigenvalue weighted by atomic mass is 32.1. The lowest BCUT2D eigenvalue weighted by atomic mass is 10.1. The van der Waals surface area contributed by atoms with E-state index >= 15 is 0 Å². The van der Waals surface area contributed by atoms with Gasteiger partial charge in [0.1, 0.15) is 5.82 Å². The van der Waals surface area contributed by atoms with Crippen molar-refractivity contribution in [3.8, 4) is 0 Å². The van der Waals surface area contributed by atoms with E-state index < -0.39 is 0 Å². The van der Waals surface area contributed by atoms with Crippen molar-refractivity contribution in [3.63, 3.8) is 0 Å². The molecule has 3 N–H and O–H groups in total. The third-order valence-corrected chi connectivity index (χ3v) is 5.09. The van der Waals surface area contributed by atoms with Gasteiger partial charge in [-0.3, -0.25) is 4.99 Å². The van der Waals surface area contributed by atoms with Gasteiger partial charge in [0.25, 0.3) is 0 Å². The zero-order valence-corrected chi connectivity index (χ0v) is 15.6. The van der Waals surface area contributed by atoms with E-state index in [9.17, 15) is 0 Å². The smallest absolute Gasteiger partial charge is 0.191 e. The van der Waals surface area contributed by atoms with Gasteiger partial charge in [0.2, 0.25) is 0 Å². The maximum atomic E-state index is 4.71. The number of rotatable bonds is 7. The standard InChI is InChI=1S/C19H25N5S/c1-3-20-19(22-13-14(2)17-9-6-12-25-17)21-11-10-18-23-15-7-4-5-8-16(15)24-18/h4-9,12,14H,3,10-11,13H2,1-2H3,(H,23,24)(H2,20,21,22). The number of hydrogen-bond donors (Lipinski definition) is 3. The van der Waals surface area contributed by atoms with Gasteiger partial charge in [0.15, 0.2) is 5.96 Å². The third-order valence-electron chi connectivity index (χ3n) is 3.99. The Labute approximate surface area is 152 Å². The highest BCUT2D eigenvalue weighted by Gasteiger charge is 2.07. The first-order valence-corrected chi connectivity index (χ1v) is 9.63. The maximum absolute atomic E-state index is 4.71. The first-order valence-electron chi connectivity index (χ1n) is 8.75. The number of guanidine groups is 1. The number of para-hydroxylation sites is 2. The Bertz CT molecular complexity index is 773. The molecule has 6 heteroatoms. The monoisotopic (exact) mass is 355 g/mol. The van der Waals surface area contributed by atoms with Crippen LogP contribution in [-0.2, 0) is 6.42 Å². The SMILES string of the molecule is CCNC(=NCC(C)c1cccs1)NCCc1nc2ccccc2[nH]1. The largest absolute Gasteiger partial charge is 0.357 e. The molecule has 1 aromatic carbocycles. The van der Waals surface area contributed by atoms with Gasteiger partial charge in [-0.25, -0.2) is 4.98 Å². The fourth-order valence-electron chi connectivity index (χ4n) is 2.65. The molecule has 0 aliphatic carbocycles. The average molecular weight is 356 g/mol. The van der Waals surface area contributed by atoms with E-state index in [-0.39, 0.29) is 0 Å². The number of aliphatic imine (C=N–C) groups is 1. The lowest BCUT2D eigenvalue weighted by molar-refractivity contribution is 0.748. The maximum Gasteiger partial charge on any atom is 0.191 e. The molecule has 0 aliphatic rings. The van der Waals surface area contributed by atoms with Gasteiger partial charge in [-0.15, -0.1) is 11.3 Å². The second-order valence-electron chi connectivity index (χ2n) is 6.01. The van der Waals surface area contributed by atoms with Gasteiger partial charge in [0, 0.05) is 30.3 Å². The van der Waals surface area contributed by atoms with Crippen molar-refractivity contribution in [3.05, 3.63) is 52.5 Å². The molecule has 5 nitrogen and oxygen atoms in total. The van der Waals surface area contributed by atoms with Crippen LogP contribution >= 0.6 is 11.3 Å². The molecule has 0 bridgehead atoms. The van der Waals surface area contributed by atoms with Crippen LogP contribution in [-0.4, -0.2) is 35.6 Å². The Kier molecular flexibility index (Phi) is 6.06. The quantitative estimate of drug-likeness (QED) is 0.449. The number of hydrogen-bond acceptors (Lipinski definition) is 3. The number of aromatic nitrogens is 2. The number of thiophene rings is 1. The molecule has 0 radical (unpaired) electrons. The fraction of sp³-hybridized carbons (Fsp3) is 0.368. The highest BCUT2D eigenvalue weighted by molar-refractivity contribution is 7.10. The predicted molar refractivity (Wildman–Crippen MR) is 107 cm³/mol. The Morgan fingerprint density at radius 2 is 2.12 bits per heavy atom. The van der Waals surface area contributed by atoms with Crippen molar-refractivity contribution in [2.45, 2.75) is 26.2 Å². The van der Waals surface area contributed by atoms with Gasteiger partial charge in [-0.2, -0.15) is 0 Å². The minimum absolute atomic E-state index is 0.436. The minimum Gasteiger partial charge on any atom is -0.357 e. The zero-order valence-electron chi connectivity index (χ0n) is 14.7. The molecule has 132 valence electrons. The van der Waals surface area contributed by atoms with Gasteiger partial charge < -0.3 is 15.6 Å². The minimum atomic E-state index is 0.436. The Hall–Kier alpha value is -2.34. The number of nitrogens with one attached hydrogen (secondary N) is 3. The van der Waals surface area contributed by atoms with E-state index in [1.807, 2.05) is 18.2 Å². The summed E-state index contributed by atoms with van der Waals surface area (Å²) in [6.07, 6.45) is 0.833. The summed E-state index contributed by atoms with van der Waals surface area (Å²) in [4.78, 5) is 14.1. The molecule has 1 unspecified atom stereocenters. The molecule has 0 spiro atoms. The summed E-state index contributed by atoms with van der Waals surface area (Å²) in [5, 5.41) is 8.82. The van der Waals surface area contributed by atoms with Gasteiger partial charge in [0.05, 0.1) is 17.6 Å². The first-order chi connectivity index (χ1) is 12.3.